The highest BCUT2D eigenvalue weighted by atomic mass is 19.1. The van der Waals surface area contributed by atoms with Crippen LogP contribution in [0.3, 0.4) is 0 Å². The summed E-state index contributed by atoms with van der Waals surface area (Å²) in [5.74, 6) is -0.749. The number of aliphatic hydroxyl groups excluding tert-OH is 1. The van der Waals surface area contributed by atoms with Crippen molar-refractivity contribution in [2.24, 2.45) is 0 Å². The largest absolute Gasteiger partial charge is 0.388 e. The number of carbonyl (C=O) groups excluding carboxylic acids is 1. The fraction of sp³-hybridized carbons (Fsp3) is 0.316. The van der Waals surface area contributed by atoms with E-state index in [0.717, 1.165) is 18.8 Å². The Balaban J connectivity index is 1.94. The number of anilines is 2. The Morgan fingerprint density at radius 3 is 2.42 bits per heavy atom. The predicted molar refractivity (Wildman–Crippen MR) is 94.6 cm³/mol. The monoisotopic (exact) mass is 330 g/mol. The third-order valence-electron chi connectivity index (χ3n) is 3.89. The number of hydrogen-bond acceptors (Lipinski definition) is 3. The summed E-state index contributed by atoms with van der Waals surface area (Å²) in [6, 6.07) is 13.2. The van der Waals surface area contributed by atoms with Crippen LogP contribution in [0.1, 0.15) is 31.9 Å². The standard InChI is InChI=1S/C19H23FN2O2/c1-3-22(4-2)17-10-8-16(9-11-17)21-19(24)13-18(23)14-6-5-7-15(20)12-14/h5-12,18,23H,3-4,13H2,1-2H3,(H,21,24). The second kappa shape index (κ2) is 8.45. The molecule has 0 saturated carbocycles. The van der Waals surface area contributed by atoms with Gasteiger partial charge in [-0.25, -0.2) is 4.39 Å². The minimum absolute atomic E-state index is 0.124. The molecule has 2 aromatic rings. The molecule has 0 aliphatic rings. The number of hydrogen-bond donors (Lipinski definition) is 2. The molecule has 2 N–H and O–H groups in total. The van der Waals surface area contributed by atoms with Crippen LogP contribution >= 0.6 is 0 Å². The molecule has 0 aromatic heterocycles. The van der Waals surface area contributed by atoms with Crippen molar-refractivity contribution in [2.45, 2.75) is 26.4 Å². The van der Waals surface area contributed by atoms with E-state index in [4.69, 9.17) is 0 Å². The minimum atomic E-state index is -1.03. The van der Waals surface area contributed by atoms with E-state index in [9.17, 15) is 14.3 Å². The number of nitrogens with zero attached hydrogens (tertiary/aromatic N) is 1. The summed E-state index contributed by atoms with van der Waals surface area (Å²) in [6.45, 7) is 6.02. The van der Waals surface area contributed by atoms with Gasteiger partial charge < -0.3 is 15.3 Å². The van der Waals surface area contributed by atoms with Crippen LogP contribution in [0.4, 0.5) is 15.8 Å². The SMILES string of the molecule is CCN(CC)c1ccc(NC(=O)CC(O)c2cccc(F)c2)cc1. The quantitative estimate of drug-likeness (QED) is 0.813. The number of aliphatic hydroxyl groups is 1. The summed E-state index contributed by atoms with van der Waals surface area (Å²) in [5.41, 5.74) is 2.15. The predicted octanol–water partition coefficient (Wildman–Crippen LogP) is 3.73. The van der Waals surface area contributed by atoms with Gasteiger partial charge in [-0.3, -0.25) is 4.79 Å². The van der Waals surface area contributed by atoms with Gasteiger partial charge in [0.15, 0.2) is 0 Å². The molecule has 24 heavy (non-hydrogen) atoms. The summed E-state index contributed by atoms with van der Waals surface area (Å²) in [6.07, 6.45) is -1.16. The highest BCUT2D eigenvalue weighted by Crippen LogP contribution is 2.20. The average Bonchev–Trinajstić information content (AvgIpc) is 2.57. The zero-order valence-electron chi connectivity index (χ0n) is 14.0. The second-order valence-corrected chi connectivity index (χ2v) is 5.54. The van der Waals surface area contributed by atoms with Crippen molar-refractivity contribution < 1.29 is 14.3 Å². The molecule has 0 fully saturated rings. The van der Waals surface area contributed by atoms with Gasteiger partial charge >= 0.3 is 0 Å². The molecule has 0 bridgehead atoms. The molecule has 2 rings (SSSR count). The summed E-state index contributed by atoms with van der Waals surface area (Å²) >= 11 is 0. The molecule has 5 heteroatoms. The lowest BCUT2D eigenvalue weighted by Gasteiger charge is -2.21. The molecule has 0 heterocycles. The maximum Gasteiger partial charge on any atom is 0.227 e. The van der Waals surface area contributed by atoms with Crippen LogP contribution < -0.4 is 10.2 Å². The molecule has 4 nitrogen and oxygen atoms in total. The minimum Gasteiger partial charge on any atom is -0.388 e. The molecule has 1 atom stereocenters. The van der Waals surface area contributed by atoms with Gasteiger partial charge in [-0.15, -0.1) is 0 Å². The van der Waals surface area contributed by atoms with Crippen molar-refractivity contribution in [2.75, 3.05) is 23.3 Å². The molecule has 0 saturated heterocycles. The molecule has 0 aliphatic carbocycles. The Morgan fingerprint density at radius 1 is 1.17 bits per heavy atom. The van der Waals surface area contributed by atoms with E-state index in [-0.39, 0.29) is 12.3 Å². The fourth-order valence-electron chi connectivity index (χ4n) is 2.56. The number of rotatable bonds is 7. The van der Waals surface area contributed by atoms with Crippen LogP contribution in [-0.2, 0) is 4.79 Å². The molecular weight excluding hydrogens is 307 g/mol. The van der Waals surface area contributed by atoms with Crippen molar-refractivity contribution >= 4 is 17.3 Å². The zero-order valence-corrected chi connectivity index (χ0v) is 14.0. The van der Waals surface area contributed by atoms with Crippen molar-refractivity contribution in [1.29, 1.82) is 0 Å². The number of halogens is 1. The van der Waals surface area contributed by atoms with E-state index in [1.165, 1.54) is 18.2 Å². The van der Waals surface area contributed by atoms with E-state index in [0.29, 0.717) is 11.3 Å². The van der Waals surface area contributed by atoms with Crippen molar-refractivity contribution in [3.8, 4) is 0 Å². The highest BCUT2D eigenvalue weighted by Gasteiger charge is 2.14. The van der Waals surface area contributed by atoms with Crippen LogP contribution in [0, 0.1) is 5.82 Å². The summed E-state index contributed by atoms with van der Waals surface area (Å²) < 4.78 is 13.2. The topological polar surface area (TPSA) is 52.6 Å². The van der Waals surface area contributed by atoms with Crippen LogP contribution in [-0.4, -0.2) is 24.1 Å². The third-order valence-corrected chi connectivity index (χ3v) is 3.89. The lowest BCUT2D eigenvalue weighted by molar-refractivity contribution is -0.118. The third kappa shape index (κ3) is 4.80. The van der Waals surface area contributed by atoms with Crippen LogP contribution in [0.5, 0.6) is 0 Å². The fourth-order valence-corrected chi connectivity index (χ4v) is 2.56. The molecule has 2 aromatic carbocycles. The van der Waals surface area contributed by atoms with Crippen LogP contribution in [0.15, 0.2) is 48.5 Å². The molecule has 0 aliphatic heterocycles. The molecule has 1 amide bonds. The van der Waals surface area contributed by atoms with E-state index >= 15 is 0 Å². The average molecular weight is 330 g/mol. The number of benzene rings is 2. The zero-order chi connectivity index (χ0) is 17.5. The molecule has 1 unspecified atom stereocenters. The van der Waals surface area contributed by atoms with E-state index < -0.39 is 11.9 Å². The molecule has 0 radical (unpaired) electrons. The van der Waals surface area contributed by atoms with Gasteiger partial charge in [-0.1, -0.05) is 12.1 Å². The summed E-state index contributed by atoms with van der Waals surface area (Å²) in [4.78, 5) is 14.2. The summed E-state index contributed by atoms with van der Waals surface area (Å²) in [7, 11) is 0. The highest BCUT2D eigenvalue weighted by molar-refractivity contribution is 5.91. The Kier molecular flexibility index (Phi) is 6.32. The van der Waals surface area contributed by atoms with Crippen LogP contribution in [0.25, 0.3) is 0 Å². The van der Waals surface area contributed by atoms with Gasteiger partial charge in [-0.2, -0.15) is 0 Å². The normalized spacial score (nSPS) is 11.8. The smallest absolute Gasteiger partial charge is 0.227 e. The maximum atomic E-state index is 13.2. The lowest BCUT2D eigenvalue weighted by atomic mass is 10.1. The van der Waals surface area contributed by atoms with Gasteiger partial charge in [-0.05, 0) is 55.8 Å². The first-order chi connectivity index (χ1) is 11.5. The van der Waals surface area contributed by atoms with Gasteiger partial charge in [0.2, 0.25) is 5.91 Å². The number of amides is 1. The first-order valence-corrected chi connectivity index (χ1v) is 8.11. The summed E-state index contributed by atoms with van der Waals surface area (Å²) in [5, 5.41) is 12.8. The first kappa shape index (κ1) is 17.9. The number of carbonyl (C=O) groups is 1. The Bertz CT molecular complexity index is 669. The van der Waals surface area contributed by atoms with Crippen molar-refractivity contribution in [3.63, 3.8) is 0 Å². The van der Waals surface area contributed by atoms with Gasteiger partial charge in [0.25, 0.3) is 0 Å². The van der Waals surface area contributed by atoms with Gasteiger partial charge in [0, 0.05) is 24.5 Å². The molecular formula is C19H23FN2O2. The van der Waals surface area contributed by atoms with E-state index in [1.54, 1.807) is 6.07 Å². The first-order valence-electron chi connectivity index (χ1n) is 8.11. The second-order valence-electron chi connectivity index (χ2n) is 5.54. The van der Waals surface area contributed by atoms with Crippen molar-refractivity contribution in [1.82, 2.24) is 0 Å². The number of nitrogens with one attached hydrogen (secondary N) is 1. The van der Waals surface area contributed by atoms with Crippen molar-refractivity contribution in [3.05, 3.63) is 59.9 Å². The lowest BCUT2D eigenvalue weighted by Crippen LogP contribution is -2.21. The van der Waals surface area contributed by atoms with E-state index in [1.807, 2.05) is 24.3 Å². The van der Waals surface area contributed by atoms with E-state index in [2.05, 4.69) is 24.1 Å². The Hall–Kier alpha value is -2.40. The van der Waals surface area contributed by atoms with Gasteiger partial charge in [0.05, 0.1) is 12.5 Å². The molecule has 128 valence electrons. The molecule has 0 spiro atoms. The van der Waals surface area contributed by atoms with Gasteiger partial charge in [0.1, 0.15) is 5.82 Å². The Labute approximate surface area is 141 Å². The van der Waals surface area contributed by atoms with Crippen LogP contribution in [0.2, 0.25) is 0 Å². The Morgan fingerprint density at radius 2 is 1.83 bits per heavy atom. The maximum absolute atomic E-state index is 13.2.